The van der Waals surface area contributed by atoms with Gasteiger partial charge in [-0.1, -0.05) is 24.3 Å². The van der Waals surface area contributed by atoms with Crippen LogP contribution < -0.4 is 5.73 Å². The third kappa shape index (κ3) is 4.57. The first kappa shape index (κ1) is 24.9. The monoisotopic (exact) mass is 510 g/mol. The molecule has 1 aromatic heterocycles. The van der Waals surface area contributed by atoms with Crippen LogP contribution in [0.25, 0.3) is 22.5 Å². The number of carbonyl (C=O) groups is 1. The summed E-state index contributed by atoms with van der Waals surface area (Å²) in [6, 6.07) is 7.98. The Bertz CT molecular complexity index is 1450. The molecule has 3 aromatic rings. The summed E-state index contributed by atoms with van der Waals surface area (Å²) in [5.41, 5.74) is 3.25. The Hall–Kier alpha value is -3.18. The van der Waals surface area contributed by atoms with Crippen LogP contribution in [0.1, 0.15) is 34.3 Å². The second-order valence-corrected chi connectivity index (χ2v) is 10.8. The first-order valence-corrected chi connectivity index (χ1v) is 12.4. The minimum atomic E-state index is -4.72. The molecule has 4 rings (SSSR count). The lowest BCUT2D eigenvalue weighted by Gasteiger charge is -2.20. The Balaban J connectivity index is 2.09. The van der Waals surface area contributed by atoms with Crippen molar-refractivity contribution in [1.82, 2.24) is 4.57 Å². The fraction of sp³-hybridized carbons (Fsp3) is 0.292. The highest BCUT2D eigenvalue weighted by Crippen LogP contribution is 2.46. The Morgan fingerprint density at radius 2 is 1.77 bits per heavy atom. The number of amides is 1. The third-order valence-electron chi connectivity index (χ3n) is 6.13. The molecule has 186 valence electrons. The molecule has 0 radical (unpaired) electrons. The van der Waals surface area contributed by atoms with E-state index in [1.54, 1.807) is 0 Å². The van der Waals surface area contributed by atoms with Crippen molar-refractivity contribution in [3.8, 4) is 22.5 Å². The zero-order valence-corrected chi connectivity index (χ0v) is 19.6. The molecule has 0 unspecified atom stereocenters. The molecular weight excluding hydrogens is 488 g/mol. The lowest BCUT2D eigenvalue weighted by molar-refractivity contribution is -0.137. The predicted molar refractivity (Wildman–Crippen MR) is 121 cm³/mol. The number of primary amides is 1. The maximum absolute atomic E-state index is 14.8. The largest absolute Gasteiger partial charge is 0.417 e. The smallest absolute Gasteiger partial charge is 0.388 e. The first-order chi connectivity index (χ1) is 16.1. The summed E-state index contributed by atoms with van der Waals surface area (Å²) in [4.78, 5) is 12.0. The Labute approximate surface area is 198 Å². The van der Waals surface area contributed by atoms with Gasteiger partial charge in [-0.05, 0) is 43.5 Å². The predicted octanol–water partition coefficient (Wildman–Crippen LogP) is 4.32. The van der Waals surface area contributed by atoms with Gasteiger partial charge in [-0.2, -0.15) is 13.2 Å². The van der Waals surface area contributed by atoms with Gasteiger partial charge in [0.15, 0.2) is 9.84 Å². The highest BCUT2D eigenvalue weighted by molar-refractivity contribution is 7.90. The Morgan fingerprint density at radius 1 is 1.14 bits per heavy atom. The zero-order valence-electron chi connectivity index (χ0n) is 18.8. The average molecular weight is 511 g/mol. The van der Waals surface area contributed by atoms with E-state index in [-0.39, 0.29) is 40.2 Å². The quantitative estimate of drug-likeness (QED) is 0.483. The van der Waals surface area contributed by atoms with Gasteiger partial charge >= 0.3 is 6.18 Å². The molecule has 1 fully saturated rings. The lowest BCUT2D eigenvalue weighted by atomic mass is 9.99. The van der Waals surface area contributed by atoms with Crippen molar-refractivity contribution >= 4 is 15.7 Å². The lowest BCUT2D eigenvalue weighted by Crippen LogP contribution is -2.20. The number of aliphatic hydroxyl groups is 1. The summed E-state index contributed by atoms with van der Waals surface area (Å²) < 4.78 is 81.5. The van der Waals surface area contributed by atoms with Crippen LogP contribution >= 0.6 is 0 Å². The summed E-state index contributed by atoms with van der Waals surface area (Å²) in [5.74, 6) is -2.05. The number of alkyl halides is 3. The average Bonchev–Trinajstić information content (AvgIpc) is 3.38. The molecule has 11 heteroatoms. The summed E-state index contributed by atoms with van der Waals surface area (Å²) in [6.45, 7) is 1.26. The van der Waals surface area contributed by atoms with Crippen LogP contribution in [-0.2, 0) is 22.6 Å². The molecule has 3 N–H and O–H groups in total. The Kier molecular flexibility index (Phi) is 5.84. The Morgan fingerprint density at radius 3 is 2.29 bits per heavy atom. The number of rotatable bonds is 6. The van der Waals surface area contributed by atoms with Gasteiger partial charge in [0.2, 0.25) is 0 Å². The van der Waals surface area contributed by atoms with Crippen molar-refractivity contribution in [3.05, 3.63) is 65.0 Å². The van der Waals surface area contributed by atoms with Crippen LogP contribution in [0.5, 0.6) is 0 Å². The molecule has 1 aliphatic rings. The van der Waals surface area contributed by atoms with Crippen LogP contribution in [0.2, 0.25) is 0 Å². The maximum Gasteiger partial charge on any atom is 0.417 e. The number of nitrogens with two attached hydrogens (primary N) is 1. The van der Waals surface area contributed by atoms with E-state index in [1.807, 2.05) is 0 Å². The van der Waals surface area contributed by atoms with Gasteiger partial charge in [0.1, 0.15) is 10.7 Å². The van der Waals surface area contributed by atoms with Crippen molar-refractivity contribution < 1.29 is 35.9 Å². The molecular formula is C24H22F4N2O4S. The van der Waals surface area contributed by atoms with Gasteiger partial charge in [0.25, 0.3) is 5.91 Å². The second-order valence-electron chi connectivity index (χ2n) is 8.83. The van der Waals surface area contributed by atoms with Gasteiger partial charge in [0.05, 0.1) is 34.7 Å². The van der Waals surface area contributed by atoms with E-state index in [0.717, 1.165) is 24.5 Å². The van der Waals surface area contributed by atoms with E-state index < -0.39 is 43.8 Å². The summed E-state index contributed by atoms with van der Waals surface area (Å²) in [6.07, 6.45) is -3.11. The number of benzene rings is 2. The topological polar surface area (TPSA) is 102 Å². The maximum atomic E-state index is 14.8. The SMILES string of the molecule is Cc1c(C(N)=O)c(-c2ccc(S(C)(=O)=O)c(F)c2)n(CC2(O)CC2)c1-c1ccccc1C(F)(F)F. The molecule has 35 heavy (non-hydrogen) atoms. The van der Waals surface area contributed by atoms with Gasteiger partial charge in [-0.25, -0.2) is 12.8 Å². The van der Waals surface area contributed by atoms with E-state index in [9.17, 15) is 35.9 Å². The van der Waals surface area contributed by atoms with E-state index in [4.69, 9.17) is 5.73 Å². The highest BCUT2D eigenvalue weighted by Gasteiger charge is 2.43. The van der Waals surface area contributed by atoms with E-state index in [0.29, 0.717) is 12.8 Å². The molecule has 1 saturated carbocycles. The summed E-state index contributed by atoms with van der Waals surface area (Å²) in [7, 11) is -3.89. The molecule has 0 bridgehead atoms. The number of sulfone groups is 1. The van der Waals surface area contributed by atoms with Crippen molar-refractivity contribution in [2.75, 3.05) is 6.26 Å². The van der Waals surface area contributed by atoms with Crippen molar-refractivity contribution in [3.63, 3.8) is 0 Å². The first-order valence-electron chi connectivity index (χ1n) is 10.6. The molecule has 0 spiro atoms. The van der Waals surface area contributed by atoms with Crippen LogP contribution in [0, 0.1) is 12.7 Å². The van der Waals surface area contributed by atoms with E-state index in [2.05, 4.69) is 0 Å². The number of halogens is 4. The van der Waals surface area contributed by atoms with E-state index in [1.165, 1.54) is 35.8 Å². The minimum absolute atomic E-state index is 0.00116. The fourth-order valence-corrected chi connectivity index (χ4v) is 5.06. The molecule has 0 saturated heterocycles. The number of nitrogens with zero attached hydrogens (tertiary/aromatic N) is 1. The third-order valence-corrected chi connectivity index (χ3v) is 7.26. The fourth-order valence-electron chi connectivity index (χ4n) is 4.33. The summed E-state index contributed by atoms with van der Waals surface area (Å²) in [5, 5.41) is 10.7. The van der Waals surface area contributed by atoms with Crippen molar-refractivity contribution in [1.29, 1.82) is 0 Å². The highest BCUT2D eigenvalue weighted by atomic mass is 32.2. The second kappa shape index (κ2) is 8.20. The minimum Gasteiger partial charge on any atom is -0.388 e. The van der Waals surface area contributed by atoms with Crippen molar-refractivity contribution in [2.45, 2.75) is 43.0 Å². The number of hydrogen-bond donors (Lipinski definition) is 2. The van der Waals surface area contributed by atoms with Crippen LogP contribution in [0.4, 0.5) is 17.6 Å². The van der Waals surface area contributed by atoms with Gasteiger partial charge in [-0.3, -0.25) is 4.79 Å². The van der Waals surface area contributed by atoms with Crippen LogP contribution in [0.3, 0.4) is 0 Å². The number of aromatic nitrogens is 1. The standard InChI is InChI=1S/C24H22F4N2O4S/c1-13-19(22(29)31)21(14-7-8-18(17(25)11-14)35(2,33)34)30(12-23(32)9-10-23)20(13)15-5-3-4-6-16(15)24(26,27)28/h3-8,11,32H,9-10,12H2,1-2H3,(H2,29,31). The summed E-state index contributed by atoms with van der Waals surface area (Å²) >= 11 is 0. The molecule has 2 aromatic carbocycles. The van der Waals surface area contributed by atoms with Gasteiger partial charge < -0.3 is 15.4 Å². The molecule has 6 nitrogen and oxygen atoms in total. The molecule has 1 aliphatic carbocycles. The molecule has 0 aliphatic heterocycles. The molecule has 0 atom stereocenters. The molecule has 1 amide bonds. The van der Waals surface area contributed by atoms with Crippen molar-refractivity contribution in [2.24, 2.45) is 5.73 Å². The number of carbonyl (C=O) groups excluding carboxylic acids is 1. The van der Waals surface area contributed by atoms with Gasteiger partial charge in [-0.15, -0.1) is 0 Å². The van der Waals surface area contributed by atoms with E-state index >= 15 is 0 Å². The number of hydrogen-bond acceptors (Lipinski definition) is 4. The van der Waals surface area contributed by atoms with Gasteiger partial charge in [0, 0.05) is 17.4 Å². The zero-order chi connectivity index (χ0) is 25.9. The van der Waals surface area contributed by atoms with Crippen LogP contribution in [-0.4, -0.2) is 35.9 Å². The van der Waals surface area contributed by atoms with Crippen LogP contribution in [0.15, 0.2) is 47.4 Å². The molecule has 1 heterocycles. The normalized spacial score (nSPS) is 15.3.